The van der Waals surface area contributed by atoms with Gasteiger partial charge in [0.15, 0.2) is 11.6 Å². The molecule has 0 bridgehead atoms. The van der Waals surface area contributed by atoms with Gasteiger partial charge in [0, 0.05) is 25.8 Å². The van der Waals surface area contributed by atoms with Gasteiger partial charge in [0.2, 0.25) is 5.91 Å². The van der Waals surface area contributed by atoms with E-state index in [9.17, 15) is 19.2 Å². The summed E-state index contributed by atoms with van der Waals surface area (Å²) in [5, 5.41) is 0. The van der Waals surface area contributed by atoms with Crippen LogP contribution in [0, 0.1) is 19.8 Å². The van der Waals surface area contributed by atoms with Crippen molar-refractivity contribution in [1.29, 1.82) is 0 Å². The van der Waals surface area contributed by atoms with E-state index in [1.54, 1.807) is 4.90 Å². The molecule has 3 aliphatic heterocycles. The summed E-state index contributed by atoms with van der Waals surface area (Å²) < 4.78 is 11.0. The number of methoxy groups -OCH3 is 1. The molecule has 0 aromatic heterocycles. The van der Waals surface area contributed by atoms with Crippen LogP contribution < -0.4 is 4.90 Å². The van der Waals surface area contributed by atoms with Gasteiger partial charge in [-0.1, -0.05) is 12.1 Å². The minimum absolute atomic E-state index is 0.0175. The Morgan fingerprint density at radius 1 is 1.23 bits per heavy atom. The molecule has 3 aliphatic rings. The number of benzene rings is 1. The highest BCUT2D eigenvalue weighted by Crippen LogP contribution is 2.55. The van der Waals surface area contributed by atoms with E-state index in [1.807, 2.05) is 32.0 Å². The zero-order valence-corrected chi connectivity index (χ0v) is 17.6. The number of Topliss-reactive ketones (excluding diaryl/α,β-unsaturated/α-hetero) is 1. The molecule has 4 rings (SSSR count). The van der Waals surface area contributed by atoms with Gasteiger partial charge in [0.1, 0.15) is 5.78 Å². The molecule has 2 amide bonds. The third-order valence-electron chi connectivity index (χ3n) is 6.69. The Hall–Kier alpha value is -2.74. The van der Waals surface area contributed by atoms with Crippen molar-refractivity contribution in [3.05, 3.63) is 29.3 Å². The third kappa shape index (κ3) is 2.70. The molecule has 3 heterocycles. The van der Waals surface area contributed by atoms with Crippen LogP contribution in [0.25, 0.3) is 0 Å². The third-order valence-corrected chi connectivity index (χ3v) is 6.69. The maximum absolute atomic E-state index is 13.6. The number of rotatable bonds is 6. The van der Waals surface area contributed by atoms with Gasteiger partial charge in [-0.05, 0) is 38.0 Å². The molecule has 1 aromatic rings. The van der Waals surface area contributed by atoms with Gasteiger partial charge in [-0.25, -0.2) is 0 Å². The fourth-order valence-electron chi connectivity index (χ4n) is 5.25. The molecule has 0 N–H and O–H groups in total. The topological polar surface area (TPSA) is 93.2 Å². The fourth-order valence-corrected chi connectivity index (χ4v) is 5.25. The van der Waals surface area contributed by atoms with E-state index in [4.69, 9.17) is 9.47 Å². The van der Waals surface area contributed by atoms with Crippen molar-refractivity contribution in [1.82, 2.24) is 4.90 Å². The summed E-state index contributed by atoms with van der Waals surface area (Å²) in [4.78, 5) is 54.6. The number of ether oxygens (including phenoxy) is 2. The van der Waals surface area contributed by atoms with E-state index < -0.39 is 29.6 Å². The zero-order chi connectivity index (χ0) is 21.8. The lowest BCUT2D eigenvalue weighted by Gasteiger charge is -2.34. The Balaban J connectivity index is 1.88. The molecule has 160 valence electrons. The highest BCUT2D eigenvalue weighted by atomic mass is 16.6. The summed E-state index contributed by atoms with van der Waals surface area (Å²) in [6, 6.07) is 3.91. The summed E-state index contributed by atoms with van der Waals surface area (Å²) in [6.45, 7) is 5.81. The molecule has 0 unspecified atom stereocenters. The first-order valence-corrected chi connectivity index (χ1v) is 10.1. The molecule has 8 nitrogen and oxygen atoms in total. The lowest BCUT2D eigenvalue weighted by molar-refractivity contribution is -0.152. The largest absolute Gasteiger partial charge is 0.453 e. The molecule has 3 saturated heterocycles. The van der Waals surface area contributed by atoms with E-state index in [2.05, 4.69) is 0 Å². The second-order valence-corrected chi connectivity index (χ2v) is 8.36. The Kier molecular flexibility index (Phi) is 4.92. The van der Waals surface area contributed by atoms with Gasteiger partial charge in [-0.3, -0.25) is 24.1 Å². The Morgan fingerprint density at radius 3 is 2.63 bits per heavy atom. The molecule has 30 heavy (non-hydrogen) atoms. The van der Waals surface area contributed by atoms with Crippen molar-refractivity contribution in [3.63, 3.8) is 0 Å². The number of amides is 2. The molecular weight excluding hydrogens is 388 g/mol. The predicted molar refractivity (Wildman–Crippen MR) is 107 cm³/mol. The molecule has 1 spiro atoms. The molecule has 0 saturated carbocycles. The Morgan fingerprint density at radius 2 is 1.97 bits per heavy atom. The van der Waals surface area contributed by atoms with Crippen LogP contribution >= 0.6 is 0 Å². The standard InChI is InChI=1S/C22H26N2O6/c1-12-6-5-7-16(14(12)3)24-19-21(28)23(8-9-29-4)17(10-13(2)25)22(19)15(20(24)27)11-18(26)30-22/h5-7,15,17,19H,8-11H2,1-4H3/t15-,17+,19-,22+/m0/s1. The van der Waals surface area contributed by atoms with Crippen LogP contribution in [0.2, 0.25) is 0 Å². The van der Waals surface area contributed by atoms with Crippen molar-refractivity contribution < 1.29 is 28.7 Å². The van der Waals surface area contributed by atoms with Crippen molar-refractivity contribution in [3.8, 4) is 0 Å². The summed E-state index contributed by atoms with van der Waals surface area (Å²) in [6.07, 6.45) is -0.0693. The Labute approximate surface area is 175 Å². The number of likely N-dealkylation sites (tertiary alicyclic amines) is 1. The monoisotopic (exact) mass is 414 g/mol. The van der Waals surface area contributed by atoms with E-state index in [1.165, 1.54) is 18.9 Å². The number of hydrogen-bond donors (Lipinski definition) is 0. The zero-order valence-electron chi connectivity index (χ0n) is 17.6. The molecule has 0 aliphatic carbocycles. The second-order valence-electron chi connectivity index (χ2n) is 8.36. The minimum Gasteiger partial charge on any atom is -0.453 e. The number of nitrogens with zero attached hydrogens (tertiary/aromatic N) is 2. The normalized spacial score (nSPS) is 30.0. The first-order valence-electron chi connectivity index (χ1n) is 10.1. The lowest BCUT2D eigenvalue weighted by Crippen LogP contribution is -2.53. The van der Waals surface area contributed by atoms with Gasteiger partial charge >= 0.3 is 5.97 Å². The number of anilines is 1. The smallest absolute Gasteiger partial charge is 0.307 e. The van der Waals surface area contributed by atoms with Crippen LogP contribution in [0.4, 0.5) is 5.69 Å². The quantitative estimate of drug-likeness (QED) is 0.649. The molecule has 4 atom stereocenters. The predicted octanol–water partition coefficient (Wildman–Crippen LogP) is 1.16. The highest BCUT2D eigenvalue weighted by Gasteiger charge is 2.77. The van der Waals surface area contributed by atoms with Crippen molar-refractivity contribution in [2.24, 2.45) is 5.92 Å². The van der Waals surface area contributed by atoms with Gasteiger partial charge < -0.3 is 14.4 Å². The summed E-state index contributed by atoms with van der Waals surface area (Å²) >= 11 is 0. The van der Waals surface area contributed by atoms with Crippen molar-refractivity contribution in [2.45, 2.75) is 51.3 Å². The van der Waals surface area contributed by atoms with Gasteiger partial charge in [-0.2, -0.15) is 0 Å². The Bertz CT molecular complexity index is 944. The summed E-state index contributed by atoms with van der Waals surface area (Å²) in [7, 11) is 1.53. The molecule has 8 heteroatoms. The van der Waals surface area contributed by atoms with E-state index in [-0.39, 0.29) is 43.6 Å². The molecule has 3 fully saturated rings. The van der Waals surface area contributed by atoms with E-state index >= 15 is 0 Å². The van der Waals surface area contributed by atoms with Crippen LogP contribution in [-0.2, 0) is 28.7 Å². The molecule has 0 radical (unpaired) electrons. The fraction of sp³-hybridized carbons (Fsp3) is 0.545. The number of ketones is 1. The number of carbonyl (C=O) groups excluding carboxylic acids is 4. The highest BCUT2D eigenvalue weighted by molar-refractivity contribution is 6.12. The first-order chi connectivity index (χ1) is 14.2. The van der Waals surface area contributed by atoms with Crippen LogP contribution in [0.1, 0.15) is 30.9 Å². The summed E-state index contributed by atoms with van der Waals surface area (Å²) in [5.74, 6) is -2.05. The second kappa shape index (κ2) is 7.19. The van der Waals surface area contributed by atoms with Gasteiger partial charge in [-0.15, -0.1) is 0 Å². The van der Waals surface area contributed by atoms with Gasteiger partial charge in [0.05, 0.1) is 25.0 Å². The maximum atomic E-state index is 13.6. The van der Waals surface area contributed by atoms with E-state index in [0.717, 1.165) is 11.1 Å². The van der Waals surface area contributed by atoms with Gasteiger partial charge in [0.25, 0.3) is 5.91 Å². The number of carbonyl (C=O) groups is 4. The average molecular weight is 414 g/mol. The number of hydrogen-bond acceptors (Lipinski definition) is 6. The molecular formula is C22H26N2O6. The van der Waals surface area contributed by atoms with Crippen LogP contribution in [0.3, 0.4) is 0 Å². The van der Waals surface area contributed by atoms with Crippen molar-refractivity contribution >= 4 is 29.3 Å². The SMILES string of the molecule is COCCN1C(=O)[C@@H]2N(c3cccc(C)c3C)C(=O)[C@@H]3CC(=O)O[C@]23[C@H]1CC(C)=O. The number of aryl methyl sites for hydroxylation is 1. The maximum Gasteiger partial charge on any atom is 0.307 e. The lowest BCUT2D eigenvalue weighted by atomic mass is 9.80. The average Bonchev–Trinajstić information content (AvgIpc) is 3.21. The summed E-state index contributed by atoms with van der Waals surface area (Å²) in [5.41, 5.74) is 1.16. The van der Waals surface area contributed by atoms with Crippen LogP contribution in [0.5, 0.6) is 0 Å². The van der Waals surface area contributed by atoms with Crippen molar-refractivity contribution in [2.75, 3.05) is 25.2 Å². The van der Waals surface area contributed by atoms with Crippen LogP contribution in [-0.4, -0.2) is 66.4 Å². The van der Waals surface area contributed by atoms with E-state index in [0.29, 0.717) is 5.69 Å². The minimum atomic E-state index is -1.36. The first kappa shape index (κ1) is 20.5. The van der Waals surface area contributed by atoms with Crippen LogP contribution in [0.15, 0.2) is 18.2 Å². The molecule has 1 aromatic carbocycles. The number of esters is 1.